The third-order valence-corrected chi connectivity index (χ3v) is 4.48. The van der Waals surface area contributed by atoms with Gasteiger partial charge in [-0.3, -0.25) is 4.79 Å². The largest absolute Gasteiger partial charge is 0.376 e. The summed E-state index contributed by atoms with van der Waals surface area (Å²) in [4.78, 5) is 23.6. The molecular formula is C17H26N4O2. The summed E-state index contributed by atoms with van der Waals surface area (Å²) in [6, 6.07) is 1.76. The highest BCUT2D eigenvalue weighted by Gasteiger charge is 2.19. The standard InChI is InChI=1S/C17H26N4O2/c1-13-11-15(16(22)18-12-14-7-6-10-23-14)20-17(19-13)21-8-4-2-3-5-9-21/h11,14H,2-10,12H2,1H3,(H,18,22). The van der Waals surface area contributed by atoms with Crippen LogP contribution in [-0.2, 0) is 4.74 Å². The van der Waals surface area contributed by atoms with Crippen molar-refractivity contribution in [3.8, 4) is 0 Å². The van der Waals surface area contributed by atoms with Gasteiger partial charge in [0.2, 0.25) is 5.95 Å². The number of hydrogen-bond acceptors (Lipinski definition) is 5. The number of hydrogen-bond donors (Lipinski definition) is 1. The van der Waals surface area contributed by atoms with Crippen LogP contribution in [0, 0.1) is 6.92 Å². The lowest BCUT2D eigenvalue weighted by molar-refractivity contribution is 0.0853. The second kappa shape index (κ2) is 7.73. The molecule has 1 aromatic heterocycles. The van der Waals surface area contributed by atoms with Crippen LogP contribution in [0.5, 0.6) is 0 Å². The van der Waals surface area contributed by atoms with Crippen molar-refractivity contribution in [1.82, 2.24) is 15.3 Å². The fourth-order valence-electron chi connectivity index (χ4n) is 3.18. The first-order chi connectivity index (χ1) is 11.2. The van der Waals surface area contributed by atoms with Gasteiger partial charge >= 0.3 is 0 Å². The highest BCUT2D eigenvalue weighted by atomic mass is 16.5. The molecule has 6 heteroatoms. The van der Waals surface area contributed by atoms with E-state index in [2.05, 4.69) is 20.2 Å². The van der Waals surface area contributed by atoms with Crippen molar-refractivity contribution in [3.63, 3.8) is 0 Å². The first-order valence-electron chi connectivity index (χ1n) is 8.73. The number of carbonyl (C=O) groups excluding carboxylic acids is 1. The second-order valence-corrected chi connectivity index (χ2v) is 6.44. The van der Waals surface area contributed by atoms with Gasteiger partial charge in [-0.25, -0.2) is 9.97 Å². The van der Waals surface area contributed by atoms with Gasteiger partial charge in [-0.15, -0.1) is 0 Å². The van der Waals surface area contributed by atoms with E-state index in [1.807, 2.05) is 6.92 Å². The normalized spacial score (nSPS) is 22.0. The molecule has 0 aromatic carbocycles. The van der Waals surface area contributed by atoms with Crippen molar-refractivity contribution in [2.45, 2.75) is 51.6 Å². The van der Waals surface area contributed by atoms with Crippen LogP contribution in [0.2, 0.25) is 0 Å². The molecule has 6 nitrogen and oxygen atoms in total. The maximum atomic E-state index is 12.4. The summed E-state index contributed by atoms with van der Waals surface area (Å²) in [6.07, 6.45) is 7.09. The molecule has 2 fully saturated rings. The van der Waals surface area contributed by atoms with E-state index in [9.17, 15) is 4.79 Å². The average Bonchev–Trinajstić information content (AvgIpc) is 2.92. The molecule has 0 radical (unpaired) electrons. The Bertz CT molecular complexity index is 535. The van der Waals surface area contributed by atoms with Gasteiger partial charge in [0.25, 0.3) is 5.91 Å². The first kappa shape index (κ1) is 16.2. The molecular weight excluding hydrogens is 292 g/mol. The van der Waals surface area contributed by atoms with Gasteiger partial charge < -0.3 is 15.0 Å². The molecule has 1 aromatic rings. The molecule has 3 rings (SSSR count). The SMILES string of the molecule is Cc1cc(C(=O)NCC2CCCO2)nc(N2CCCCCC2)n1. The maximum Gasteiger partial charge on any atom is 0.270 e. The van der Waals surface area contributed by atoms with Gasteiger partial charge in [0, 0.05) is 31.9 Å². The molecule has 1 unspecified atom stereocenters. The van der Waals surface area contributed by atoms with E-state index in [1.165, 1.54) is 12.8 Å². The van der Waals surface area contributed by atoms with E-state index < -0.39 is 0 Å². The quantitative estimate of drug-likeness (QED) is 0.920. The fraction of sp³-hybridized carbons (Fsp3) is 0.706. The molecule has 1 N–H and O–H groups in total. The third-order valence-electron chi connectivity index (χ3n) is 4.48. The van der Waals surface area contributed by atoms with E-state index in [1.54, 1.807) is 6.07 Å². The minimum Gasteiger partial charge on any atom is -0.376 e. The zero-order valence-electron chi connectivity index (χ0n) is 13.9. The maximum absolute atomic E-state index is 12.4. The first-order valence-corrected chi connectivity index (χ1v) is 8.73. The number of anilines is 1. The second-order valence-electron chi connectivity index (χ2n) is 6.44. The molecule has 2 aliphatic heterocycles. The van der Waals surface area contributed by atoms with E-state index in [-0.39, 0.29) is 12.0 Å². The van der Waals surface area contributed by atoms with Crippen molar-refractivity contribution >= 4 is 11.9 Å². The summed E-state index contributed by atoms with van der Waals surface area (Å²) >= 11 is 0. The van der Waals surface area contributed by atoms with Gasteiger partial charge in [-0.2, -0.15) is 0 Å². The lowest BCUT2D eigenvalue weighted by Crippen LogP contribution is -2.33. The van der Waals surface area contributed by atoms with E-state index in [0.717, 1.165) is 51.1 Å². The molecule has 0 spiro atoms. The number of aromatic nitrogens is 2. The molecule has 0 saturated carbocycles. The molecule has 0 aliphatic carbocycles. The van der Waals surface area contributed by atoms with Crippen LogP contribution in [0.25, 0.3) is 0 Å². The molecule has 1 amide bonds. The van der Waals surface area contributed by atoms with Crippen LogP contribution in [0.4, 0.5) is 5.95 Å². The fourth-order valence-corrected chi connectivity index (χ4v) is 3.18. The Labute approximate surface area is 137 Å². The van der Waals surface area contributed by atoms with Gasteiger partial charge in [0.1, 0.15) is 5.69 Å². The molecule has 0 bridgehead atoms. The summed E-state index contributed by atoms with van der Waals surface area (Å²) in [6.45, 7) is 5.22. The smallest absolute Gasteiger partial charge is 0.270 e. The molecule has 2 aliphatic rings. The van der Waals surface area contributed by atoms with Crippen molar-refractivity contribution in [1.29, 1.82) is 0 Å². The number of carbonyl (C=O) groups is 1. The van der Waals surface area contributed by atoms with Gasteiger partial charge in [0.15, 0.2) is 0 Å². The van der Waals surface area contributed by atoms with E-state index in [0.29, 0.717) is 18.2 Å². The Morgan fingerprint density at radius 1 is 1.26 bits per heavy atom. The van der Waals surface area contributed by atoms with Crippen molar-refractivity contribution in [3.05, 3.63) is 17.5 Å². The highest BCUT2D eigenvalue weighted by Crippen LogP contribution is 2.17. The summed E-state index contributed by atoms with van der Waals surface area (Å²) < 4.78 is 5.54. The topological polar surface area (TPSA) is 67.3 Å². The Kier molecular flexibility index (Phi) is 5.43. The Balaban J connectivity index is 1.67. The van der Waals surface area contributed by atoms with Crippen molar-refractivity contribution < 1.29 is 9.53 Å². The van der Waals surface area contributed by atoms with Gasteiger partial charge in [-0.05, 0) is 38.7 Å². The zero-order valence-corrected chi connectivity index (χ0v) is 13.9. The summed E-state index contributed by atoms with van der Waals surface area (Å²) in [7, 11) is 0. The van der Waals surface area contributed by atoms with Crippen LogP contribution >= 0.6 is 0 Å². The monoisotopic (exact) mass is 318 g/mol. The highest BCUT2D eigenvalue weighted by molar-refractivity contribution is 5.92. The van der Waals surface area contributed by atoms with Crippen molar-refractivity contribution in [2.75, 3.05) is 31.1 Å². The van der Waals surface area contributed by atoms with Crippen LogP contribution in [-0.4, -0.2) is 48.2 Å². The minimum absolute atomic E-state index is 0.137. The third kappa shape index (κ3) is 4.41. The van der Waals surface area contributed by atoms with Crippen LogP contribution in [0.1, 0.15) is 54.7 Å². The Morgan fingerprint density at radius 2 is 2.04 bits per heavy atom. The predicted octanol–water partition coefficient (Wildman–Crippen LogP) is 2.07. The minimum atomic E-state index is -0.137. The zero-order chi connectivity index (χ0) is 16.1. The number of ether oxygens (including phenoxy) is 1. The van der Waals surface area contributed by atoms with E-state index >= 15 is 0 Å². The predicted molar refractivity (Wildman–Crippen MR) is 88.8 cm³/mol. The summed E-state index contributed by atoms with van der Waals surface area (Å²) in [5.41, 5.74) is 1.29. The van der Waals surface area contributed by atoms with E-state index in [4.69, 9.17) is 4.74 Å². The van der Waals surface area contributed by atoms with Crippen LogP contribution in [0.15, 0.2) is 6.07 Å². The number of nitrogens with zero attached hydrogens (tertiary/aromatic N) is 3. The summed E-state index contributed by atoms with van der Waals surface area (Å²) in [5.74, 6) is 0.552. The van der Waals surface area contributed by atoms with Crippen LogP contribution < -0.4 is 10.2 Å². The summed E-state index contributed by atoms with van der Waals surface area (Å²) in [5, 5.41) is 2.94. The molecule has 1 atom stereocenters. The number of rotatable bonds is 4. The lowest BCUT2D eigenvalue weighted by atomic mass is 10.2. The number of aryl methyl sites for hydroxylation is 1. The lowest BCUT2D eigenvalue weighted by Gasteiger charge is -2.21. The molecule has 126 valence electrons. The Morgan fingerprint density at radius 3 is 2.74 bits per heavy atom. The average molecular weight is 318 g/mol. The Hall–Kier alpha value is -1.69. The number of nitrogens with one attached hydrogen (secondary N) is 1. The number of amides is 1. The van der Waals surface area contributed by atoms with Crippen molar-refractivity contribution in [2.24, 2.45) is 0 Å². The molecule has 2 saturated heterocycles. The van der Waals surface area contributed by atoms with Gasteiger partial charge in [0.05, 0.1) is 6.10 Å². The molecule has 3 heterocycles. The van der Waals surface area contributed by atoms with Crippen LogP contribution in [0.3, 0.4) is 0 Å². The molecule has 23 heavy (non-hydrogen) atoms. The van der Waals surface area contributed by atoms with Gasteiger partial charge in [-0.1, -0.05) is 12.8 Å².